The molecule has 0 aliphatic heterocycles. The predicted octanol–water partition coefficient (Wildman–Crippen LogP) is 7.13. The number of rotatable bonds is 11. The smallest absolute Gasteiger partial charge is 0.156 e. The fourth-order valence-corrected chi connectivity index (χ4v) is 5.92. The van der Waals surface area contributed by atoms with E-state index in [9.17, 15) is 0 Å². The third-order valence-corrected chi connectivity index (χ3v) is 9.12. The quantitative estimate of drug-likeness (QED) is 0.184. The number of aromatic nitrogens is 6. The number of aromatic amines is 2. The maximum atomic E-state index is 5.99. The molecule has 2 aliphatic rings. The van der Waals surface area contributed by atoms with Crippen LogP contribution in [-0.2, 0) is 19.3 Å². The summed E-state index contributed by atoms with van der Waals surface area (Å²) in [7, 11) is 4.16. The number of hydrogen-bond donors (Lipinski definition) is 2. The van der Waals surface area contributed by atoms with Gasteiger partial charge in [-0.1, -0.05) is 38.8 Å². The Balaban J connectivity index is 0.995. The molecule has 224 valence electrons. The van der Waals surface area contributed by atoms with Crippen LogP contribution >= 0.6 is 0 Å². The minimum Gasteiger partial charge on any atom is -0.492 e. The maximum absolute atomic E-state index is 5.99. The highest BCUT2D eigenvalue weighted by Gasteiger charge is 2.22. The summed E-state index contributed by atoms with van der Waals surface area (Å²) in [5, 5.41) is 0. The van der Waals surface area contributed by atoms with E-state index < -0.39 is 0 Å². The van der Waals surface area contributed by atoms with Crippen LogP contribution in [0.3, 0.4) is 0 Å². The van der Waals surface area contributed by atoms with Crippen LogP contribution in [-0.4, -0.2) is 55.5 Å². The van der Waals surface area contributed by atoms with Crippen LogP contribution < -0.4 is 4.74 Å². The Morgan fingerprint density at radius 2 is 1.51 bits per heavy atom. The lowest BCUT2D eigenvalue weighted by atomic mass is 9.82. The first kappa shape index (κ1) is 28.9. The molecule has 4 aromatic rings. The van der Waals surface area contributed by atoms with Gasteiger partial charge in [-0.15, -0.1) is 0 Å². The van der Waals surface area contributed by atoms with Gasteiger partial charge < -0.3 is 19.6 Å². The minimum atomic E-state index is 0.588. The molecule has 0 radical (unpaired) electrons. The average molecular weight is 578 g/mol. The second kappa shape index (κ2) is 12.6. The van der Waals surface area contributed by atoms with Crippen molar-refractivity contribution in [3.8, 4) is 28.8 Å². The van der Waals surface area contributed by atoms with E-state index in [-0.39, 0.29) is 0 Å². The molecule has 2 atom stereocenters. The number of allylic oxidation sites excluding steroid dienone is 2. The van der Waals surface area contributed by atoms with Crippen LogP contribution in [0.25, 0.3) is 35.2 Å². The zero-order valence-corrected chi connectivity index (χ0v) is 26.1. The normalized spacial score (nSPS) is 15.7. The fraction of sp³-hybridized carbons (Fsp3) is 0.429. The van der Waals surface area contributed by atoms with Crippen molar-refractivity contribution in [1.29, 1.82) is 0 Å². The molecule has 0 saturated heterocycles. The summed E-state index contributed by atoms with van der Waals surface area (Å²) in [6.07, 6.45) is 15.3. The lowest BCUT2D eigenvalue weighted by Crippen LogP contribution is -2.14. The second-order valence-corrected chi connectivity index (χ2v) is 12.2. The van der Waals surface area contributed by atoms with Gasteiger partial charge in [0.2, 0.25) is 0 Å². The number of ether oxygens (including phenoxy) is 1. The number of aryl methyl sites for hydroxylation is 3. The highest BCUT2D eigenvalue weighted by molar-refractivity contribution is 5.62. The van der Waals surface area contributed by atoms with Gasteiger partial charge in [-0.3, -0.25) is 4.98 Å². The Morgan fingerprint density at radius 1 is 0.837 bits per heavy atom. The Labute approximate surface area is 254 Å². The molecule has 43 heavy (non-hydrogen) atoms. The van der Waals surface area contributed by atoms with Crippen LogP contribution in [0.4, 0.5) is 0 Å². The number of fused-ring (bicyclic) bond motifs is 2. The summed E-state index contributed by atoms with van der Waals surface area (Å²) in [5.74, 6) is 3.70. The van der Waals surface area contributed by atoms with Crippen LogP contribution in [0.5, 0.6) is 5.75 Å². The molecule has 8 nitrogen and oxygen atoms in total. The largest absolute Gasteiger partial charge is 0.492 e. The number of hydrogen-bond acceptors (Lipinski definition) is 6. The Morgan fingerprint density at radius 3 is 2.14 bits per heavy atom. The first-order chi connectivity index (χ1) is 20.9. The molecule has 2 unspecified atom stereocenters. The van der Waals surface area contributed by atoms with Crippen molar-refractivity contribution in [3.05, 3.63) is 76.3 Å². The summed E-state index contributed by atoms with van der Waals surface area (Å²) >= 11 is 0. The molecule has 0 aromatic carbocycles. The molecule has 0 saturated carbocycles. The van der Waals surface area contributed by atoms with Gasteiger partial charge in [-0.25, -0.2) is 15.0 Å². The molecule has 4 heterocycles. The summed E-state index contributed by atoms with van der Waals surface area (Å²) < 4.78 is 5.99. The second-order valence-electron chi connectivity index (χ2n) is 12.2. The first-order valence-corrected chi connectivity index (χ1v) is 15.7. The number of nitrogens with zero attached hydrogens (tertiary/aromatic N) is 5. The van der Waals surface area contributed by atoms with E-state index in [4.69, 9.17) is 14.7 Å². The number of pyridine rings is 2. The van der Waals surface area contributed by atoms with Crippen molar-refractivity contribution in [1.82, 2.24) is 34.8 Å². The minimum absolute atomic E-state index is 0.588. The molecule has 0 amide bonds. The Hall–Kier alpha value is -4.20. The van der Waals surface area contributed by atoms with Gasteiger partial charge in [0.1, 0.15) is 17.1 Å². The molecular weight excluding hydrogens is 534 g/mol. The van der Waals surface area contributed by atoms with Gasteiger partial charge in [-0.05, 0) is 86.3 Å². The monoisotopic (exact) mass is 577 g/mol. The van der Waals surface area contributed by atoms with Crippen molar-refractivity contribution in [2.24, 2.45) is 11.8 Å². The Kier molecular flexibility index (Phi) is 8.45. The summed E-state index contributed by atoms with van der Waals surface area (Å²) in [6, 6.07) is 8.15. The molecule has 0 bridgehead atoms. The molecule has 8 heteroatoms. The van der Waals surface area contributed by atoms with Crippen LogP contribution in [0.15, 0.2) is 47.9 Å². The van der Waals surface area contributed by atoms with Crippen LogP contribution in [0.2, 0.25) is 0 Å². The van der Waals surface area contributed by atoms with Crippen molar-refractivity contribution in [2.75, 3.05) is 20.7 Å². The number of H-pyrrole nitrogens is 2. The molecule has 6 rings (SSSR count). The summed E-state index contributed by atoms with van der Waals surface area (Å²) in [5.41, 5.74) is 10.2. The van der Waals surface area contributed by atoms with Crippen LogP contribution in [0, 0.1) is 11.8 Å². The Bertz CT molecular complexity index is 1610. The van der Waals surface area contributed by atoms with E-state index in [1.165, 1.54) is 34.6 Å². The van der Waals surface area contributed by atoms with Gasteiger partial charge in [0.15, 0.2) is 11.6 Å². The van der Waals surface area contributed by atoms with Gasteiger partial charge in [0, 0.05) is 37.4 Å². The van der Waals surface area contributed by atoms with E-state index in [0.29, 0.717) is 18.4 Å². The highest BCUT2D eigenvalue weighted by atomic mass is 16.5. The SMILES string of the molecule is CCC(C)C(C)C1=Cc2nc(-c3ccc(OCCCc4ccc(-c5nc6c([nH]5)CCC(N(C)C)=C6)nc4)cn3)[nH]c2CC1. The standard InChI is InChI=1S/C35H43N7O/c1-6-22(2)23(3)25-10-14-28-32(18-25)40-35(38-28)31-16-12-27(21-37-31)43-17-7-8-24-9-13-30(36-20-24)34-39-29-15-11-26(42(4)5)19-33(29)41-34/h9,12-13,16,18-23H,6-8,10-11,14-15,17H2,1-5H3,(H,38,40)(H,39,41). The molecule has 2 N–H and O–H groups in total. The van der Waals surface area contributed by atoms with E-state index >= 15 is 0 Å². The lowest BCUT2D eigenvalue weighted by molar-refractivity contribution is 0.310. The highest BCUT2D eigenvalue weighted by Crippen LogP contribution is 2.33. The molecular formula is C35H43N7O. The first-order valence-electron chi connectivity index (χ1n) is 15.7. The van der Waals surface area contributed by atoms with E-state index in [2.05, 4.69) is 84.0 Å². The molecule has 0 fully saturated rings. The lowest BCUT2D eigenvalue weighted by Gasteiger charge is -2.24. The van der Waals surface area contributed by atoms with Crippen molar-refractivity contribution >= 4 is 12.2 Å². The van der Waals surface area contributed by atoms with Gasteiger partial charge >= 0.3 is 0 Å². The third-order valence-electron chi connectivity index (χ3n) is 9.12. The van der Waals surface area contributed by atoms with Gasteiger partial charge in [0.25, 0.3) is 0 Å². The number of nitrogens with one attached hydrogen (secondary N) is 2. The van der Waals surface area contributed by atoms with E-state index in [1.807, 2.05) is 18.3 Å². The average Bonchev–Trinajstić information content (AvgIpc) is 3.66. The third kappa shape index (κ3) is 6.43. The molecule has 2 aliphatic carbocycles. The van der Waals surface area contributed by atoms with E-state index in [0.717, 1.165) is 78.7 Å². The fourth-order valence-electron chi connectivity index (χ4n) is 5.92. The van der Waals surface area contributed by atoms with Crippen LogP contribution in [0.1, 0.15) is 74.8 Å². The van der Waals surface area contributed by atoms with E-state index in [1.54, 1.807) is 6.20 Å². The topological polar surface area (TPSA) is 95.6 Å². The van der Waals surface area contributed by atoms with Crippen molar-refractivity contribution < 1.29 is 4.74 Å². The zero-order chi connectivity index (χ0) is 29.9. The van der Waals surface area contributed by atoms with Gasteiger partial charge in [0.05, 0.1) is 24.2 Å². The van der Waals surface area contributed by atoms with Gasteiger partial charge in [-0.2, -0.15) is 0 Å². The predicted molar refractivity (Wildman–Crippen MR) is 172 cm³/mol. The summed E-state index contributed by atoms with van der Waals surface area (Å²) in [4.78, 5) is 28.1. The maximum Gasteiger partial charge on any atom is 0.156 e. The van der Waals surface area contributed by atoms with Crippen molar-refractivity contribution in [3.63, 3.8) is 0 Å². The number of imidazole rings is 2. The zero-order valence-electron chi connectivity index (χ0n) is 26.1. The molecule has 0 spiro atoms. The summed E-state index contributed by atoms with van der Waals surface area (Å²) in [6.45, 7) is 7.57. The van der Waals surface area contributed by atoms with Crippen molar-refractivity contribution in [2.45, 2.75) is 65.7 Å². The molecule has 4 aromatic heterocycles.